The molecule has 36 heavy (non-hydrogen) atoms. The van der Waals surface area contributed by atoms with Crippen molar-refractivity contribution in [3.8, 4) is 22.9 Å². The number of ether oxygens (including phenoxy) is 2. The number of nitrogens with zero attached hydrogens (tertiary/aromatic N) is 3. The molecular weight excluding hydrogens is 452 g/mol. The van der Waals surface area contributed by atoms with Gasteiger partial charge in [-0.15, -0.1) is 0 Å². The van der Waals surface area contributed by atoms with E-state index in [0.29, 0.717) is 40.9 Å². The fourth-order valence-corrected chi connectivity index (χ4v) is 4.70. The number of benzene rings is 3. The number of nitrogens with one attached hydrogen (secondary N) is 1. The predicted octanol–water partition coefficient (Wildman–Crippen LogP) is 4.71. The second-order valence-electron chi connectivity index (χ2n) is 9.35. The zero-order valence-corrected chi connectivity index (χ0v) is 21.0. The van der Waals surface area contributed by atoms with Crippen molar-refractivity contribution in [2.75, 3.05) is 38.2 Å². The van der Waals surface area contributed by atoms with Gasteiger partial charge in [-0.3, -0.25) is 9.69 Å². The Labute approximate surface area is 211 Å². The van der Waals surface area contributed by atoms with E-state index >= 15 is 0 Å². The van der Waals surface area contributed by atoms with Crippen LogP contribution in [-0.2, 0) is 6.61 Å². The van der Waals surface area contributed by atoms with Gasteiger partial charge in [0.05, 0.1) is 7.11 Å². The smallest absolute Gasteiger partial charge is 0.262 e. The molecule has 1 aliphatic heterocycles. The lowest BCUT2D eigenvalue weighted by Gasteiger charge is -2.38. The predicted molar refractivity (Wildman–Crippen MR) is 144 cm³/mol. The van der Waals surface area contributed by atoms with Crippen LogP contribution in [0.15, 0.2) is 71.5 Å². The minimum Gasteiger partial charge on any atom is -0.496 e. The summed E-state index contributed by atoms with van der Waals surface area (Å²) in [6.07, 6.45) is 0. The lowest BCUT2D eigenvalue weighted by atomic mass is 10.1. The normalized spacial score (nSPS) is 14.4. The van der Waals surface area contributed by atoms with Crippen LogP contribution in [0.3, 0.4) is 0 Å². The Kier molecular flexibility index (Phi) is 6.91. The van der Waals surface area contributed by atoms with Crippen molar-refractivity contribution < 1.29 is 9.47 Å². The molecule has 0 atom stereocenters. The topological polar surface area (TPSA) is 70.7 Å². The van der Waals surface area contributed by atoms with E-state index in [2.05, 4.69) is 40.8 Å². The molecule has 1 saturated heterocycles. The molecule has 0 spiro atoms. The molecule has 3 aromatic carbocycles. The van der Waals surface area contributed by atoms with E-state index in [1.165, 1.54) is 0 Å². The van der Waals surface area contributed by atoms with Gasteiger partial charge in [0.25, 0.3) is 5.56 Å². The minimum atomic E-state index is -0.257. The van der Waals surface area contributed by atoms with Crippen molar-refractivity contribution in [3.63, 3.8) is 0 Å². The van der Waals surface area contributed by atoms with E-state index in [0.717, 1.165) is 43.0 Å². The number of rotatable bonds is 7. The van der Waals surface area contributed by atoms with Gasteiger partial charge in [-0.25, -0.2) is 4.98 Å². The van der Waals surface area contributed by atoms with Crippen LogP contribution in [0.4, 0.5) is 5.69 Å². The van der Waals surface area contributed by atoms with Crippen molar-refractivity contribution in [2.24, 2.45) is 0 Å². The molecule has 186 valence electrons. The van der Waals surface area contributed by atoms with Crippen molar-refractivity contribution in [2.45, 2.75) is 26.5 Å². The Balaban J connectivity index is 1.49. The molecule has 0 bridgehead atoms. The number of piperazine rings is 1. The molecule has 7 nitrogen and oxygen atoms in total. The van der Waals surface area contributed by atoms with E-state index in [1.807, 2.05) is 48.5 Å². The molecule has 1 aliphatic rings. The summed E-state index contributed by atoms with van der Waals surface area (Å²) in [4.78, 5) is 25.9. The molecule has 0 radical (unpaired) electrons. The van der Waals surface area contributed by atoms with Crippen LogP contribution < -0.4 is 19.9 Å². The first-order valence-corrected chi connectivity index (χ1v) is 12.4. The molecule has 0 aliphatic carbocycles. The number of anilines is 1. The largest absolute Gasteiger partial charge is 0.496 e. The monoisotopic (exact) mass is 484 g/mol. The van der Waals surface area contributed by atoms with E-state index in [1.54, 1.807) is 13.2 Å². The zero-order valence-electron chi connectivity index (χ0n) is 21.0. The third kappa shape index (κ3) is 4.93. The lowest BCUT2D eigenvalue weighted by Crippen LogP contribution is -2.48. The molecule has 0 saturated carbocycles. The van der Waals surface area contributed by atoms with E-state index in [9.17, 15) is 4.79 Å². The third-order valence-electron chi connectivity index (χ3n) is 6.77. The van der Waals surface area contributed by atoms with Crippen molar-refractivity contribution in [1.82, 2.24) is 14.9 Å². The van der Waals surface area contributed by atoms with Crippen LogP contribution in [-0.4, -0.2) is 54.2 Å². The van der Waals surface area contributed by atoms with Gasteiger partial charge < -0.3 is 19.4 Å². The van der Waals surface area contributed by atoms with Crippen LogP contribution in [0.5, 0.6) is 11.5 Å². The summed E-state index contributed by atoms with van der Waals surface area (Å²) in [7, 11) is 1.55. The summed E-state index contributed by atoms with van der Waals surface area (Å²) in [6, 6.07) is 22.2. The molecule has 1 N–H and O–H groups in total. The summed E-state index contributed by atoms with van der Waals surface area (Å²) in [5.74, 6) is 1.52. The highest BCUT2D eigenvalue weighted by molar-refractivity contribution is 5.90. The van der Waals surface area contributed by atoms with Gasteiger partial charge in [0, 0.05) is 43.5 Å². The van der Waals surface area contributed by atoms with Crippen LogP contribution in [0.1, 0.15) is 19.4 Å². The van der Waals surface area contributed by atoms with E-state index in [-0.39, 0.29) is 5.56 Å². The first-order valence-electron chi connectivity index (χ1n) is 12.4. The van der Waals surface area contributed by atoms with Gasteiger partial charge >= 0.3 is 0 Å². The number of aromatic amines is 1. The second kappa shape index (κ2) is 10.4. The van der Waals surface area contributed by atoms with Gasteiger partial charge in [0.15, 0.2) is 0 Å². The fraction of sp³-hybridized carbons (Fsp3) is 0.310. The number of hydrogen-bond donors (Lipinski definition) is 1. The van der Waals surface area contributed by atoms with E-state index in [4.69, 9.17) is 14.5 Å². The Morgan fingerprint density at radius 1 is 0.944 bits per heavy atom. The molecule has 0 amide bonds. The van der Waals surface area contributed by atoms with Gasteiger partial charge in [0.1, 0.15) is 34.8 Å². The molecule has 4 aromatic rings. The molecule has 7 heteroatoms. The highest BCUT2D eigenvalue weighted by Crippen LogP contribution is 2.32. The van der Waals surface area contributed by atoms with Crippen LogP contribution in [0.25, 0.3) is 22.3 Å². The Morgan fingerprint density at radius 3 is 2.42 bits per heavy atom. The molecule has 0 unspecified atom stereocenters. The van der Waals surface area contributed by atoms with Gasteiger partial charge in [0.2, 0.25) is 0 Å². The van der Waals surface area contributed by atoms with Crippen molar-refractivity contribution in [3.05, 3.63) is 82.6 Å². The molecular formula is C29H32N4O3. The highest BCUT2D eigenvalue weighted by Gasteiger charge is 2.20. The van der Waals surface area contributed by atoms with Crippen molar-refractivity contribution >= 4 is 16.6 Å². The SMILES string of the molecule is COc1ccc(OCc2ccccc2)c2nc(-c3cccc(N4CCN(C(C)C)CC4)c3)[nH]c(=O)c12. The quantitative estimate of drug-likeness (QED) is 0.410. The molecule has 2 heterocycles. The molecule has 1 aromatic heterocycles. The first-order chi connectivity index (χ1) is 17.5. The maximum Gasteiger partial charge on any atom is 0.262 e. The van der Waals surface area contributed by atoms with Gasteiger partial charge in [-0.1, -0.05) is 42.5 Å². The zero-order chi connectivity index (χ0) is 25.1. The summed E-state index contributed by atoms with van der Waals surface area (Å²) in [5, 5.41) is 0.382. The maximum absolute atomic E-state index is 13.2. The number of hydrogen-bond acceptors (Lipinski definition) is 6. The van der Waals surface area contributed by atoms with Gasteiger partial charge in [-0.05, 0) is 43.7 Å². The maximum atomic E-state index is 13.2. The third-order valence-corrected chi connectivity index (χ3v) is 6.77. The van der Waals surface area contributed by atoms with Crippen LogP contribution in [0.2, 0.25) is 0 Å². The number of aromatic nitrogens is 2. The van der Waals surface area contributed by atoms with Crippen LogP contribution >= 0.6 is 0 Å². The van der Waals surface area contributed by atoms with Crippen LogP contribution in [0, 0.1) is 0 Å². The number of methoxy groups -OCH3 is 1. The summed E-state index contributed by atoms with van der Waals surface area (Å²) in [5.41, 5.74) is 3.25. The number of H-pyrrole nitrogens is 1. The molecule has 5 rings (SSSR count). The second-order valence-corrected chi connectivity index (χ2v) is 9.35. The highest BCUT2D eigenvalue weighted by atomic mass is 16.5. The lowest BCUT2D eigenvalue weighted by molar-refractivity contribution is 0.209. The minimum absolute atomic E-state index is 0.257. The fourth-order valence-electron chi connectivity index (χ4n) is 4.70. The molecule has 1 fully saturated rings. The first kappa shape index (κ1) is 23.9. The summed E-state index contributed by atoms with van der Waals surface area (Å²) < 4.78 is 11.6. The standard InChI is InChI=1S/C29H32N4O3/c1-20(2)32-14-16-33(17-15-32)23-11-7-10-22(18-23)28-30-27-25(36-19-21-8-5-4-6-9-21)13-12-24(35-3)26(27)29(34)31-28/h4-13,18,20H,14-17,19H2,1-3H3,(H,30,31,34). The van der Waals surface area contributed by atoms with Crippen molar-refractivity contribution in [1.29, 1.82) is 0 Å². The average Bonchev–Trinajstić information content (AvgIpc) is 2.92. The average molecular weight is 485 g/mol. The Bertz CT molecular complexity index is 1390. The Hall–Kier alpha value is -3.84. The summed E-state index contributed by atoms with van der Waals surface area (Å²) in [6.45, 7) is 8.87. The summed E-state index contributed by atoms with van der Waals surface area (Å²) >= 11 is 0. The van der Waals surface area contributed by atoms with Gasteiger partial charge in [-0.2, -0.15) is 0 Å². The number of fused-ring (bicyclic) bond motifs is 1. The Morgan fingerprint density at radius 2 is 1.69 bits per heavy atom. The van der Waals surface area contributed by atoms with E-state index < -0.39 is 0 Å².